The Bertz CT molecular complexity index is 1350. The highest BCUT2D eigenvalue weighted by atomic mass is 16.5. The van der Waals surface area contributed by atoms with E-state index < -0.39 is 11.8 Å². The molecular weight excluding hydrogens is 396 g/mol. The second kappa shape index (κ2) is 8.35. The summed E-state index contributed by atoms with van der Waals surface area (Å²) in [4.78, 5) is 40.3. The van der Waals surface area contributed by atoms with E-state index in [0.717, 1.165) is 16.7 Å². The van der Waals surface area contributed by atoms with Gasteiger partial charge in [-0.1, -0.05) is 30.3 Å². The van der Waals surface area contributed by atoms with E-state index in [2.05, 4.69) is 15.2 Å². The lowest BCUT2D eigenvalue weighted by Crippen LogP contribution is -2.26. The summed E-state index contributed by atoms with van der Waals surface area (Å²) in [5, 5.41) is 6.29. The van der Waals surface area contributed by atoms with Crippen molar-refractivity contribution in [2.45, 2.75) is 18.8 Å². The van der Waals surface area contributed by atoms with Crippen LogP contribution in [0.2, 0.25) is 0 Å². The maximum atomic E-state index is 12.9. The number of nitrogens with one attached hydrogen (secondary N) is 3. The van der Waals surface area contributed by atoms with Crippen LogP contribution in [0, 0.1) is 0 Å². The van der Waals surface area contributed by atoms with Crippen LogP contribution in [0.1, 0.15) is 34.7 Å². The van der Waals surface area contributed by atoms with Crippen LogP contribution < -0.4 is 21.6 Å². The van der Waals surface area contributed by atoms with E-state index in [4.69, 9.17) is 10.5 Å². The first-order valence-corrected chi connectivity index (χ1v) is 9.79. The number of ether oxygens (including phenoxy) is 1. The van der Waals surface area contributed by atoms with E-state index in [0.29, 0.717) is 28.8 Å². The van der Waals surface area contributed by atoms with Gasteiger partial charge in [0.15, 0.2) is 0 Å². The lowest BCUT2D eigenvalue weighted by atomic mass is 9.87. The second-order valence-electron chi connectivity index (χ2n) is 7.36. The zero-order valence-corrected chi connectivity index (χ0v) is 16.9. The van der Waals surface area contributed by atoms with Crippen LogP contribution in [0.4, 0.5) is 0 Å². The zero-order valence-electron chi connectivity index (χ0n) is 16.9. The zero-order chi connectivity index (χ0) is 22.0. The fourth-order valence-corrected chi connectivity index (χ4v) is 3.85. The van der Waals surface area contributed by atoms with Crippen molar-refractivity contribution in [3.8, 4) is 5.75 Å². The number of primary amides is 1. The summed E-state index contributed by atoms with van der Waals surface area (Å²) in [6, 6.07) is 16.5. The minimum absolute atomic E-state index is 0.169. The van der Waals surface area contributed by atoms with Crippen LogP contribution in [0.3, 0.4) is 0 Å². The summed E-state index contributed by atoms with van der Waals surface area (Å²) in [6.45, 7) is 0. The number of benzene rings is 2. The minimum Gasteiger partial charge on any atom is -0.497 e. The largest absolute Gasteiger partial charge is 0.497 e. The van der Waals surface area contributed by atoms with Crippen LogP contribution in [0.25, 0.3) is 10.9 Å². The number of para-hydroxylation sites is 1. The quantitative estimate of drug-likeness (QED) is 0.366. The number of aromatic nitrogens is 3. The number of fused-ring (bicyclic) bond motifs is 1. The number of carbonyl (C=O) groups excluding carboxylic acids is 1. The minimum atomic E-state index is -0.783. The fourth-order valence-electron chi connectivity index (χ4n) is 3.85. The second-order valence-corrected chi connectivity index (χ2v) is 7.36. The van der Waals surface area contributed by atoms with E-state index in [-0.39, 0.29) is 17.5 Å². The molecule has 0 fully saturated rings. The number of aromatic amines is 3. The van der Waals surface area contributed by atoms with E-state index in [1.54, 1.807) is 19.2 Å². The van der Waals surface area contributed by atoms with Crippen molar-refractivity contribution in [1.29, 1.82) is 0 Å². The van der Waals surface area contributed by atoms with Gasteiger partial charge in [-0.05, 0) is 35.2 Å². The SMILES string of the molecule is COc1ccc(Cc2[nH][nH]c(=O)c2[C@H](CC(N)=O)c2cc3ccccc3[nH]c2=O)cc1. The third kappa shape index (κ3) is 4.13. The van der Waals surface area contributed by atoms with Gasteiger partial charge in [-0.15, -0.1) is 0 Å². The highest BCUT2D eigenvalue weighted by Gasteiger charge is 2.27. The molecule has 0 radical (unpaired) electrons. The van der Waals surface area contributed by atoms with Gasteiger partial charge in [-0.3, -0.25) is 19.5 Å². The Morgan fingerprint density at radius 1 is 1.03 bits per heavy atom. The maximum absolute atomic E-state index is 12.9. The Kier molecular flexibility index (Phi) is 5.44. The molecular formula is C23H22N4O4. The molecule has 0 aliphatic rings. The Hall–Kier alpha value is -4.07. The van der Waals surface area contributed by atoms with Crippen LogP contribution in [0.15, 0.2) is 64.2 Å². The molecule has 2 heterocycles. The van der Waals surface area contributed by atoms with Gasteiger partial charge in [0.2, 0.25) is 5.91 Å². The first-order chi connectivity index (χ1) is 15.0. The molecule has 0 saturated heterocycles. The summed E-state index contributed by atoms with van der Waals surface area (Å²) in [6.07, 6.45) is 0.233. The molecule has 158 valence electrons. The van der Waals surface area contributed by atoms with Gasteiger partial charge >= 0.3 is 0 Å². The molecule has 1 amide bonds. The number of amides is 1. The van der Waals surface area contributed by atoms with Crippen molar-refractivity contribution in [3.63, 3.8) is 0 Å². The Morgan fingerprint density at radius 2 is 1.77 bits per heavy atom. The normalized spacial score (nSPS) is 12.0. The van der Waals surface area contributed by atoms with E-state index in [1.807, 2.05) is 42.5 Å². The van der Waals surface area contributed by atoms with Crippen molar-refractivity contribution in [2.75, 3.05) is 7.11 Å². The Labute approximate surface area is 177 Å². The molecule has 8 nitrogen and oxygen atoms in total. The number of hydrogen-bond acceptors (Lipinski definition) is 4. The molecule has 0 bridgehead atoms. The number of pyridine rings is 1. The lowest BCUT2D eigenvalue weighted by Gasteiger charge is -2.16. The predicted molar refractivity (Wildman–Crippen MR) is 117 cm³/mol. The monoisotopic (exact) mass is 418 g/mol. The van der Waals surface area contributed by atoms with Gasteiger partial charge < -0.3 is 20.6 Å². The van der Waals surface area contributed by atoms with Crippen molar-refractivity contribution in [3.05, 3.63) is 97.7 Å². The molecule has 2 aromatic heterocycles. The standard InChI is InChI=1S/C23H22N4O4/c1-31-15-8-6-13(7-9-15)10-19-21(23(30)27-26-19)16(12-20(24)28)17-11-14-4-2-3-5-18(14)25-22(17)29/h2-9,11,16H,10,12H2,1H3,(H2,24,28)(H,25,29)(H2,26,27,30)/t16-/m1/s1. The van der Waals surface area contributed by atoms with Gasteiger partial charge in [-0.2, -0.15) is 0 Å². The first kappa shape index (κ1) is 20.2. The number of methoxy groups -OCH3 is 1. The molecule has 0 saturated carbocycles. The van der Waals surface area contributed by atoms with E-state index in [9.17, 15) is 14.4 Å². The number of rotatable bonds is 7. The van der Waals surface area contributed by atoms with Gasteiger partial charge in [-0.25, -0.2) is 0 Å². The fraction of sp³-hybridized carbons (Fsp3) is 0.174. The molecule has 2 aromatic carbocycles. The van der Waals surface area contributed by atoms with Crippen molar-refractivity contribution in [1.82, 2.24) is 15.2 Å². The molecule has 4 aromatic rings. The highest BCUT2D eigenvalue weighted by Crippen LogP contribution is 2.28. The number of nitrogens with two attached hydrogens (primary N) is 1. The maximum Gasteiger partial charge on any atom is 0.267 e. The first-order valence-electron chi connectivity index (χ1n) is 9.79. The van der Waals surface area contributed by atoms with Crippen LogP contribution in [-0.4, -0.2) is 28.2 Å². The summed E-state index contributed by atoms with van der Waals surface area (Å²) < 4.78 is 5.18. The van der Waals surface area contributed by atoms with Gasteiger partial charge in [0.25, 0.3) is 11.1 Å². The molecule has 1 atom stereocenters. The summed E-state index contributed by atoms with van der Waals surface area (Å²) in [5.74, 6) is -0.663. The van der Waals surface area contributed by atoms with Crippen LogP contribution >= 0.6 is 0 Å². The third-order valence-corrected chi connectivity index (χ3v) is 5.35. The molecule has 8 heteroatoms. The molecule has 0 aliphatic heterocycles. The van der Waals surface area contributed by atoms with Crippen molar-refractivity contribution >= 4 is 16.8 Å². The van der Waals surface area contributed by atoms with Crippen LogP contribution in [-0.2, 0) is 11.2 Å². The number of carbonyl (C=O) groups is 1. The average molecular weight is 418 g/mol. The molecule has 4 rings (SSSR count). The Balaban J connectivity index is 1.81. The molecule has 5 N–H and O–H groups in total. The topological polar surface area (TPSA) is 134 Å². The van der Waals surface area contributed by atoms with Gasteiger partial charge in [0.1, 0.15) is 5.75 Å². The molecule has 31 heavy (non-hydrogen) atoms. The summed E-state index contributed by atoms with van der Waals surface area (Å²) >= 11 is 0. The Morgan fingerprint density at radius 3 is 2.48 bits per heavy atom. The number of H-pyrrole nitrogens is 3. The molecule has 0 aliphatic carbocycles. The van der Waals surface area contributed by atoms with Crippen molar-refractivity contribution in [2.24, 2.45) is 5.73 Å². The van der Waals surface area contributed by atoms with Gasteiger partial charge in [0.05, 0.1) is 7.11 Å². The number of hydrogen-bond donors (Lipinski definition) is 4. The van der Waals surface area contributed by atoms with Gasteiger partial charge in [0, 0.05) is 41.1 Å². The highest BCUT2D eigenvalue weighted by molar-refractivity contribution is 5.80. The lowest BCUT2D eigenvalue weighted by molar-refractivity contribution is -0.118. The van der Waals surface area contributed by atoms with E-state index in [1.165, 1.54) is 0 Å². The summed E-state index contributed by atoms with van der Waals surface area (Å²) in [5.41, 5.74) is 7.60. The van der Waals surface area contributed by atoms with Crippen LogP contribution in [0.5, 0.6) is 5.75 Å². The third-order valence-electron chi connectivity index (χ3n) is 5.35. The smallest absolute Gasteiger partial charge is 0.267 e. The predicted octanol–water partition coefficient (Wildman–Crippen LogP) is 2.15. The average Bonchev–Trinajstić information content (AvgIpc) is 3.12. The molecule has 0 spiro atoms. The van der Waals surface area contributed by atoms with Crippen molar-refractivity contribution < 1.29 is 9.53 Å². The molecule has 0 unspecified atom stereocenters. The summed E-state index contributed by atoms with van der Waals surface area (Å²) in [7, 11) is 1.59. The van der Waals surface area contributed by atoms with E-state index >= 15 is 0 Å².